The lowest BCUT2D eigenvalue weighted by molar-refractivity contribution is -0.123. The van der Waals surface area contributed by atoms with Gasteiger partial charge < -0.3 is 10.5 Å². The van der Waals surface area contributed by atoms with Crippen LogP contribution in [0.3, 0.4) is 0 Å². The Bertz CT molecular complexity index is 423. The number of hydrogen-bond acceptors (Lipinski definition) is 4. The van der Waals surface area contributed by atoms with Gasteiger partial charge in [-0.15, -0.1) is 0 Å². The van der Waals surface area contributed by atoms with Crippen molar-refractivity contribution in [1.29, 1.82) is 0 Å². The molecule has 1 atom stereocenters. The highest BCUT2D eigenvalue weighted by Gasteiger charge is 2.19. The van der Waals surface area contributed by atoms with E-state index in [4.69, 9.17) is 33.7 Å². The van der Waals surface area contributed by atoms with Crippen LogP contribution in [0, 0.1) is 0 Å². The molecule has 1 aromatic rings. The number of methoxy groups -OCH3 is 1. The molecule has 0 unspecified atom stereocenters. The molecule has 7 heteroatoms. The van der Waals surface area contributed by atoms with Crippen LogP contribution in [-0.4, -0.2) is 42.1 Å². The highest BCUT2D eigenvalue weighted by atomic mass is 35.5. The number of nitrogens with two attached hydrogens (primary N) is 1. The molecule has 0 aliphatic carbocycles. The van der Waals surface area contributed by atoms with E-state index in [1.165, 1.54) is 0 Å². The quantitative estimate of drug-likeness (QED) is 0.779. The smallest absolute Gasteiger partial charge is 0.234 e. The Balaban J connectivity index is 2.83. The third kappa shape index (κ3) is 5.32. The molecular formula is C12H17Cl2N3O2. The summed E-state index contributed by atoms with van der Waals surface area (Å²) in [4.78, 5) is 17.1. The number of pyridine rings is 1. The summed E-state index contributed by atoms with van der Waals surface area (Å²) in [7, 11) is 1.60. The molecule has 5 nitrogen and oxygen atoms in total. The van der Waals surface area contributed by atoms with Gasteiger partial charge >= 0.3 is 0 Å². The van der Waals surface area contributed by atoms with Gasteiger partial charge in [0.2, 0.25) is 5.91 Å². The fourth-order valence-corrected chi connectivity index (χ4v) is 2.14. The number of hydrogen-bond donors (Lipinski definition) is 1. The van der Waals surface area contributed by atoms with E-state index in [-0.39, 0.29) is 5.91 Å². The largest absolute Gasteiger partial charge is 0.383 e. The van der Waals surface area contributed by atoms with E-state index in [0.29, 0.717) is 30.0 Å². The minimum atomic E-state index is -0.402. The average Bonchev–Trinajstić information content (AvgIpc) is 2.32. The Morgan fingerprint density at radius 2 is 2.05 bits per heavy atom. The molecule has 1 heterocycles. The first-order chi connectivity index (χ1) is 8.93. The van der Waals surface area contributed by atoms with Crippen molar-refractivity contribution in [3.8, 4) is 0 Å². The van der Waals surface area contributed by atoms with Crippen molar-refractivity contribution in [3.05, 3.63) is 28.0 Å². The van der Waals surface area contributed by atoms with Gasteiger partial charge in [-0.3, -0.25) is 9.69 Å². The van der Waals surface area contributed by atoms with Crippen molar-refractivity contribution in [2.24, 2.45) is 5.73 Å². The van der Waals surface area contributed by atoms with E-state index >= 15 is 0 Å². The summed E-state index contributed by atoms with van der Waals surface area (Å²) >= 11 is 11.7. The van der Waals surface area contributed by atoms with Crippen molar-refractivity contribution < 1.29 is 9.53 Å². The van der Waals surface area contributed by atoms with Crippen molar-refractivity contribution in [1.82, 2.24) is 9.88 Å². The van der Waals surface area contributed by atoms with Crippen molar-refractivity contribution >= 4 is 29.1 Å². The van der Waals surface area contributed by atoms with Crippen LogP contribution in [0.25, 0.3) is 0 Å². The van der Waals surface area contributed by atoms with Gasteiger partial charge in [0.15, 0.2) is 0 Å². The van der Waals surface area contributed by atoms with Crippen molar-refractivity contribution in [2.75, 3.05) is 20.3 Å². The Labute approximate surface area is 122 Å². The summed E-state index contributed by atoms with van der Waals surface area (Å²) in [6, 6.07) is 3.02. The monoisotopic (exact) mass is 305 g/mol. The van der Waals surface area contributed by atoms with E-state index in [0.717, 1.165) is 5.56 Å². The molecule has 0 aliphatic rings. The van der Waals surface area contributed by atoms with Crippen molar-refractivity contribution in [3.63, 3.8) is 0 Å². The Kier molecular flexibility index (Phi) is 6.51. The van der Waals surface area contributed by atoms with Crippen LogP contribution in [0.5, 0.6) is 0 Å². The Morgan fingerprint density at radius 3 is 2.53 bits per heavy atom. The van der Waals surface area contributed by atoms with E-state index in [9.17, 15) is 4.79 Å². The van der Waals surface area contributed by atoms with Crippen LogP contribution in [0.1, 0.15) is 12.5 Å². The molecule has 2 N–H and O–H groups in total. The zero-order valence-electron chi connectivity index (χ0n) is 10.9. The van der Waals surface area contributed by atoms with Gasteiger partial charge in [0, 0.05) is 20.2 Å². The molecule has 0 bridgehead atoms. The second kappa shape index (κ2) is 7.65. The molecule has 1 aromatic heterocycles. The minimum Gasteiger partial charge on any atom is -0.383 e. The first-order valence-corrected chi connectivity index (χ1v) is 6.54. The molecule has 0 aliphatic heterocycles. The predicted molar refractivity (Wildman–Crippen MR) is 75.2 cm³/mol. The molecule has 0 fully saturated rings. The summed E-state index contributed by atoms with van der Waals surface area (Å²) in [5.41, 5.74) is 6.21. The van der Waals surface area contributed by atoms with Crippen LogP contribution >= 0.6 is 23.2 Å². The number of halogens is 2. The number of ether oxygens (including phenoxy) is 1. The molecule has 106 valence electrons. The lowest BCUT2D eigenvalue weighted by Gasteiger charge is -2.26. The minimum absolute atomic E-state index is 0.320. The molecule has 0 aromatic carbocycles. The topological polar surface area (TPSA) is 68.4 Å². The molecule has 19 heavy (non-hydrogen) atoms. The van der Waals surface area contributed by atoms with E-state index in [2.05, 4.69) is 4.98 Å². The number of carbonyl (C=O) groups is 1. The normalized spacial score (nSPS) is 12.7. The van der Waals surface area contributed by atoms with Crippen LogP contribution in [0.15, 0.2) is 12.1 Å². The number of aromatic nitrogens is 1. The highest BCUT2D eigenvalue weighted by molar-refractivity contribution is 6.32. The highest BCUT2D eigenvalue weighted by Crippen LogP contribution is 2.17. The first-order valence-electron chi connectivity index (χ1n) is 5.78. The second-order valence-electron chi connectivity index (χ2n) is 4.16. The molecule has 0 saturated heterocycles. The Morgan fingerprint density at radius 1 is 1.47 bits per heavy atom. The predicted octanol–water partition coefficient (Wildman–Crippen LogP) is 1.71. The van der Waals surface area contributed by atoms with Crippen LogP contribution in [-0.2, 0) is 16.1 Å². The summed E-state index contributed by atoms with van der Waals surface area (Å²) in [6.45, 7) is 3.33. The number of nitrogens with zero attached hydrogens (tertiary/aromatic N) is 2. The summed E-state index contributed by atoms with van der Waals surface area (Å²) in [6.07, 6.45) is 0. The lowest BCUT2D eigenvalue weighted by atomic mass is 10.2. The van der Waals surface area contributed by atoms with E-state index in [1.807, 2.05) is 4.90 Å². The van der Waals surface area contributed by atoms with Gasteiger partial charge in [-0.25, -0.2) is 4.98 Å². The Hall–Kier alpha value is -0.880. The standard InChI is InChI=1S/C12H17Cl2N3O2/c1-8(12(15)18)17(3-4-19-2)7-9-5-10(13)16-11(14)6-9/h5-6,8H,3-4,7H2,1-2H3,(H2,15,18)/t8-/m1/s1. The lowest BCUT2D eigenvalue weighted by Crippen LogP contribution is -2.43. The van der Waals surface area contributed by atoms with E-state index in [1.54, 1.807) is 26.2 Å². The fourth-order valence-electron chi connectivity index (χ4n) is 1.64. The zero-order valence-corrected chi connectivity index (χ0v) is 12.4. The maximum atomic E-state index is 11.3. The van der Waals surface area contributed by atoms with Gasteiger partial charge in [0.05, 0.1) is 12.6 Å². The molecule has 1 rings (SSSR count). The average molecular weight is 306 g/mol. The second-order valence-corrected chi connectivity index (χ2v) is 4.94. The number of rotatable bonds is 7. The summed E-state index contributed by atoms with van der Waals surface area (Å²) in [5.74, 6) is -0.387. The number of carbonyl (C=O) groups excluding carboxylic acids is 1. The van der Waals surface area contributed by atoms with Crippen LogP contribution < -0.4 is 5.73 Å². The van der Waals surface area contributed by atoms with Crippen LogP contribution in [0.2, 0.25) is 10.3 Å². The van der Waals surface area contributed by atoms with Gasteiger partial charge in [0.25, 0.3) is 0 Å². The van der Waals surface area contributed by atoms with E-state index < -0.39 is 6.04 Å². The van der Waals surface area contributed by atoms with Gasteiger partial charge in [-0.05, 0) is 24.6 Å². The molecule has 0 spiro atoms. The number of primary amides is 1. The zero-order chi connectivity index (χ0) is 14.4. The molecule has 1 amide bonds. The summed E-state index contributed by atoms with van der Waals surface area (Å²) < 4.78 is 5.03. The van der Waals surface area contributed by atoms with Gasteiger partial charge in [-0.1, -0.05) is 23.2 Å². The number of amides is 1. The van der Waals surface area contributed by atoms with Crippen molar-refractivity contribution in [2.45, 2.75) is 19.5 Å². The SMILES string of the molecule is COCCN(Cc1cc(Cl)nc(Cl)c1)[C@H](C)C(N)=O. The fraction of sp³-hybridized carbons (Fsp3) is 0.500. The third-order valence-electron chi connectivity index (χ3n) is 2.75. The van der Waals surface area contributed by atoms with Gasteiger partial charge in [0.1, 0.15) is 10.3 Å². The molecular weight excluding hydrogens is 289 g/mol. The molecule has 0 radical (unpaired) electrons. The maximum absolute atomic E-state index is 11.3. The molecule has 0 saturated carbocycles. The van der Waals surface area contributed by atoms with Crippen LogP contribution in [0.4, 0.5) is 0 Å². The first kappa shape index (κ1) is 16.2. The summed E-state index contributed by atoms with van der Waals surface area (Å²) in [5, 5.41) is 0.641. The van der Waals surface area contributed by atoms with Gasteiger partial charge in [-0.2, -0.15) is 0 Å². The third-order valence-corrected chi connectivity index (χ3v) is 3.14. The maximum Gasteiger partial charge on any atom is 0.234 e.